The number of methoxy groups -OCH3 is 1. The van der Waals surface area contributed by atoms with E-state index in [9.17, 15) is 4.57 Å². The van der Waals surface area contributed by atoms with Crippen LogP contribution in [-0.2, 0) is 4.57 Å². The summed E-state index contributed by atoms with van der Waals surface area (Å²) in [5, 5.41) is 4.56. The van der Waals surface area contributed by atoms with Crippen LogP contribution in [0, 0.1) is 0 Å². The molecule has 4 rings (SSSR count). The lowest BCUT2D eigenvalue weighted by Crippen LogP contribution is -2.26. The molecule has 2 nitrogen and oxygen atoms in total. The van der Waals surface area contributed by atoms with Gasteiger partial charge in [0.25, 0.3) is 0 Å². The SMILES string of the molecule is COc1ccccc1P(=O)(c1ccccc1)c1ccc2ccccc2c1. The van der Waals surface area contributed by atoms with Crippen LogP contribution in [0.25, 0.3) is 10.8 Å². The Morgan fingerprint density at radius 1 is 0.654 bits per heavy atom. The van der Waals surface area contributed by atoms with Gasteiger partial charge >= 0.3 is 0 Å². The zero-order valence-electron chi connectivity index (χ0n) is 14.5. The van der Waals surface area contributed by atoms with E-state index < -0.39 is 7.14 Å². The molecule has 0 bridgehead atoms. The van der Waals surface area contributed by atoms with Crippen molar-refractivity contribution in [3.63, 3.8) is 0 Å². The van der Waals surface area contributed by atoms with Crippen molar-refractivity contribution in [2.75, 3.05) is 7.11 Å². The van der Waals surface area contributed by atoms with Crippen molar-refractivity contribution in [1.82, 2.24) is 0 Å². The first-order valence-corrected chi connectivity index (χ1v) is 10.2. The first-order valence-electron chi connectivity index (χ1n) is 8.52. The minimum atomic E-state index is -3.06. The third-order valence-corrected chi connectivity index (χ3v) is 7.72. The minimum absolute atomic E-state index is 0.646. The van der Waals surface area contributed by atoms with E-state index in [1.165, 1.54) is 0 Å². The summed E-state index contributed by atoms with van der Waals surface area (Å²) in [6, 6.07) is 31.4. The second kappa shape index (κ2) is 6.82. The second-order valence-corrected chi connectivity index (χ2v) is 8.88. The van der Waals surface area contributed by atoms with Gasteiger partial charge in [-0.05, 0) is 29.0 Å². The normalized spacial score (nSPS) is 13.3. The number of ether oxygens (including phenoxy) is 1. The van der Waals surface area contributed by atoms with Gasteiger partial charge in [-0.2, -0.15) is 0 Å². The van der Waals surface area contributed by atoms with Crippen molar-refractivity contribution in [3.8, 4) is 5.75 Å². The molecule has 128 valence electrons. The predicted octanol–water partition coefficient (Wildman–Crippen LogP) is 4.49. The number of fused-ring (bicyclic) bond motifs is 1. The quantitative estimate of drug-likeness (QED) is 0.503. The number of hydrogen-bond acceptors (Lipinski definition) is 2. The smallest absolute Gasteiger partial charge is 0.174 e. The Bertz CT molecular complexity index is 1100. The van der Waals surface area contributed by atoms with Crippen molar-refractivity contribution in [1.29, 1.82) is 0 Å². The standard InChI is InChI=1S/C23H19O2P/c1-25-22-13-7-8-14-23(22)26(24,20-11-3-2-4-12-20)21-16-15-18-9-5-6-10-19(18)17-21/h2-17H,1H3. The molecule has 0 saturated carbocycles. The first kappa shape index (κ1) is 16.6. The maximum atomic E-state index is 14.6. The molecule has 0 radical (unpaired) electrons. The van der Waals surface area contributed by atoms with E-state index in [4.69, 9.17) is 4.74 Å². The largest absolute Gasteiger partial charge is 0.496 e. The molecule has 26 heavy (non-hydrogen) atoms. The van der Waals surface area contributed by atoms with E-state index >= 15 is 0 Å². The molecular formula is C23H19O2P. The van der Waals surface area contributed by atoms with Gasteiger partial charge in [0.15, 0.2) is 7.14 Å². The lowest BCUT2D eigenvalue weighted by atomic mass is 10.1. The lowest BCUT2D eigenvalue weighted by Gasteiger charge is -2.22. The van der Waals surface area contributed by atoms with E-state index in [1.54, 1.807) is 7.11 Å². The average molecular weight is 358 g/mol. The number of para-hydroxylation sites is 1. The number of benzene rings is 4. The highest BCUT2D eigenvalue weighted by atomic mass is 31.2. The topological polar surface area (TPSA) is 26.3 Å². The molecule has 0 heterocycles. The predicted molar refractivity (Wildman–Crippen MR) is 110 cm³/mol. The summed E-state index contributed by atoms with van der Waals surface area (Å²) in [6.45, 7) is 0. The van der Waals surface area contributed by atoms with Crippen molar-refractivity contribution >= 4 is 33.8 Å². The Kier molecular flexibility index (Phi) is 4.36. The van der Waals surface area contributed by atoms with E-state index in [0.29, 0.717) is 5.75 Å². The molecule has 3 heteroatoms. The average Bonchev–Trinajstić information content (AvgIpc) is 2.73. The monoisotopic (exact) mass is 358 g/mol. The Morgan fingerprint density at radius 3 is 2.08 bits per heavy atom. The third-order valence-electron chi connectivity index (χ3n) is 4.64. The van der Waals surface area contributed by atoms with E-state index in [2.05, 4.69) is 12.1 Å². The molecule has 4 aromatic carbocycles. The summed E-state index contributed by atoms with van der Waals surface area (Å²) in [5.41, 5.74) is 0. The van der Waals surface area contributed by atoms with E-state index in [0.717, 1.165) is 26.7 Å². The van der Waals surface area contributed by atoms with Crippen LogP contribution in [0.4, 0.5) is 0 Å². The van der Waals surface area contributed by atoms with Crippen molar-refractivity contribution in [3.05, 3.63) is 97.1 Å². The molecule has 0 N–H and O–H groups in total. The summed E-state index contributed by atoms with van der Waals surface area (Å²) in [7, 11) is -1.44. The van der Waals surface area contributed by atoms with Gasteiger partial charge in [0, 0.05) is 10.6 Å². The summed E-state index contributed by atoms with van der Waals surface area (Å²) < 4.78 is 20.1. The van der Waals surface area contributed by atoms with Crippen molar-refractivity contribution in [2.24, 2.45) is 0 Å². The Hall–Kier alpha value is -2.83. The van der Waals surface area contributed by atoms with E-state index in [1.807, 2.05) is 84.9 Å². The molecule has 1 atom stereocenters. The zero-order valence-corrected chi connectivity index (χ0v) is 15.4. The molecule has 0 amide bonds. The second-order valence-electron chi connectivity index (χ2n) is 6.15. The molecular weight excluding hydrogens is 339 g/mol. The van der Waals surface area contributed by atoms with Crippen LogP contribution in [0.1, 0.15) is 0 Å². The maximum Gasteiger partial charge on any atom is 0.174 e. The van der Waals surface area contributed by atoms with Crippen LogP contribution in [0.3, 0.4) is 0 Å². The highest BCUT2D eigenvalue weighted by molar-refractivity contribution is 7.85. The lowest BCUT2D eigenvalue weighted by molar-refractivity contribution is 0.418. The minimum Gasteiger partial charge on any atom is -0.496 e. The first-order chi connectivity index (χ1) is 12.7. The summed E-state index contributed by atoms with van der Waals surface area (Å²) in [4.78, 5) is 0. The molecule has 0 saturated heterocycles. The Labute approximate surface area is 153 Å². The third kappa shape index (κ3) is 2.73. The van der Waals surface area contributed by atoms with Crippen LogP contribution in [0.2, 0.25) is 0 Å². The van der Waals surface area contributed by atoms with Gasteiger partial charge in [0.1, 0.15) is 5.75 Å². The van der Waals surface area contributed by atoms with E-state index in [-0.39, 0.29) is 0 Å². The van der Waals surface area contributed by atoms with Crippen LogP contribution >= 0.6 is 7.14 Å². The molecule has 0 aromatic heterocycles. The van der Waals surface area contributed by atoms with Gasteiger partial charge in [-0.25, -0.2) is 0 Å². The van der Waals surface area contributed by atoms with Crippen molar-refractivity contribution < 1.29 is 9.30 Å². The van der Waals surface area contributed by atoms with Gasteiger partial charge in [-0.15, -0.1) is 0 Å². The Morgan fingerprint density at radius 2 is 1.31 bits per heavy atom. The molecule has 0 fully saturated rings. The van der Waals surface area contributed by atoms with Crippen LogP contribution in [-0.4, -0.2) is 7.11 Å². The van der Waals surface area contributed by atoms with Gasteiger partial charge in [-0.3, -0.25) is 0 Å². The van der Waals surface area contributed by atoms with Gasteiger partial charge < -0.3 is 9.30 Å². The zero-order chi connectivity index (χ0) is 18.0. The molecule has 0 spiro atoms. The number of rotatable bonds is 4. The highest BCUT2D eigenvalue weighted by Crippen LogP contribution is 2.45. The van der Waals surface area contributed by atoms with Crippen LogP contribution in [0.15, 0.2) is 97.1 Å². The van der Waals surface area contributed by atoms with Gasteiger partial charge in [0.2, 0.25) is 0 Å². The molecule has 0 aliphatic carbocycles. The summed E-state index contributed by atoms with van der Waals surface area (Å²) >= 11 is 0. The molecule has 4 aromatic rings. The molecule has 1 unspecified atom stereocenters. The van der Waals surface area contributed by atoms with Crippen LogP contribution in [0.5, 0.6) is 5.75 Å². The van der Waals surface area contributed by atoms with Crippen molar-refractivity contribution in [2.45, 2.75) is 0 Å². The summed E-state index contributed by atoms with van der Waals surface area (Å²) in [5.74, 6) is 0.646. The maximum absolute atomic E-state index is 14.6. The fourth-order valence-electron chi connectivity index (χ4n) is 3.33. The van der Waals surface area contributed by atoms with Gasteiger partial charge in [0.05, 0.1) is 12.4 Å². The van der Waals surface area contributed by atoms with Crippen LogP contribution < -0.4 is 20.7 Å². The fraction of sp³-hybridized carbons (Fsp3) is 0.0435. The van der Waals surface area contributed by atoms with Gasteiger partial charge in [-0.1, -0.05) is 78.9 Å². The Balaban J connectivity index is 2.04. The highest BCUT2D eigenvalue weighted by Gasteiger charge is 2.32. The fourth-order valence-corrected chi connectivity index (χ4v) is 6.15. The molecule has 0 aliphatic rings. The number of hydrogen-bond donors (Lipinski definition) is 0. The summed E-state index contributed by atoms with van der Waals surface area (Å²) in [6.07, 6.45) is 0. The molecule has 0 aliphatic heterocycles.